The molecular formula is C34H35F2N3O4S. The van der Waals surface area contributed by atoms with Crippen molar-refractivity contribution in [1.82, 2.24) is 10.2 Å². The average Bonchev–Trinajstić information content (AvgIpc) is 3.03. The van der Waals surface area contributed by atoms with Crippen LogP contribution in [0.15, 0.2) is 114 Å². The van der Waals surface area contributed by atoms with Crippen LogP contribution < -0.4 is 9.62 Å². The number of nitrogens with zero attached hydrogens (tertiary/aromatic N) is 2. The van der Waals surface area contributed by atoms with E-state index in [1.54, 1.807) is 18.2 Å². The number of nitrogens with one attached hydrogen (secondary N) is 1. The van der Waals surface area contributed by atoms with E-state index < -0.39 is 46.1 Å². The highest BCUT2D eigenvalue weighted by Crippen LogP contribution is 2.25. The molecule has 10 heteroatoms. The molecule has 4 rings (SSSR count). The Morgan fingerprint density at radius 1 is 0.773 bits per heavy atom. The zero-order valence-corrected chi connectivity index (χ0v) is 25.4. The van der Waals surface area contributed by atoms with Crippen molar-refractivity contribution in [2.75, 3.05) is 10.8 Å². The summed E-state index contributed by atoms with van der Waals surface area (Å²) in [6.45, 7) is 3.01. The molecule has 0 heterocycles. The van der Waals surface area contributed by atoms with Gasteiger partial charge in [-0.2, -0.15) is 0 Å². The van der Waals surface area contributed by atoms with Gasteiger partial charge in [0.2, 0.25) is 11.8 Å². The molecule has 2 amide bonds. The summed E-state index contributed by atoms with van der Waals surface area (Å²) in [5, 5.41) is 2.96. The second-order valence-electron chi connectivity index (χ2n) is 10.5. The number of carbonyl (C=O) groups is 2. The third-order valence-corrected chi connectivity index (χ3v) is 9.05. The predicted octanol–water partition coefficient (Wildman–Crippen LogP) is 5.71. The number of rotatable bonds is 13. The van der Waals surface area contributed by atoms with Crippen molar-refractivity contribution in [2.24, 2.45) is 0 Å². The zero-order chi connectivity index (χ0) is 31.7. The Morgan fingerprint density at radius 2 is 1.32 bits per heavy atom. The second-order valence-corrected chi connectivity index (χ2v) is 12.3. The van der Waals surface area contributed by atoms with E-state index in [1.807, 2.05) is 44.2 Å². The van der Waals surface area contributed by atoms with Gasteiger partial charge < -0.3 is 10.2 Å². The molecule has 4 aromatic rings. The molecule has 230 valence electrons. The summed E-state index contributed by atoms with van der Waals surface area (Å²) in [5.41, 5.74) is 1.42. The zero-order valence-electron chi connectivity index (χ0n) is 24.6. The third-order valence-electron chi connectivity index (χ3n) is 7.26. The Morgan fingerprint density at radius 3 is 1.89 bits per heavy atom. The smallest absolute Gasteiger partial charge is 0.264 e. The SMILES string of the molecule is CC[C@H](C)NC(=O)[C@@H](Cc1ccccc1)N(Cc1ccc(F)cc1)C(=O)CN(c1ccc(F)cc1)S(=O)(=O)c1ccccc1. The first-order valence-electron chi connectivity index (χ1n) is 14.3. The lowest BCUT2D eigenvalue weighted by Gasteiger charge is -2.34. The maximum Gasteiger partial charge on any atom is 0.264 e. The normalized spacial score (nSPS) is 12.6. The summed E-state index contributed by atoms with van der Waals surface area (Å²) in [6, 6.07) is 25.9. The fourth-order valence-corrected chi connectivity index (χ4v) is 6.07. The molecule has 0 bridgehead atoms. The molecular weight excluding hydrogens is 584 g/mol. The first-order chi connectivity index (χ1) is 21.1. The molecule has 7 nitrogen and oxygen atoms in total. The minimum atomic E-state index is -4.29. The van der Waals surface area contributed by atoms with Gasteiger partial charge in [0, 0.05) is 19.0 Å². The second kappa shape index (κ2) is 14.7. The van der Waals surface area contributed by atoms with E-state index in [0.29, 0.717) is 12.0 Å². The molecule has 2 atom stereocenters. The Bertz CT molecular complexity index is 1640. The number of halogens is 2. The summed E-state index contributed by atoms with van der Waals surface area (Å²) < 4.78 is 56.3. The van der Waals surface area contributed by atoms with E-state index in [2.05, 4.69) is 5.32 Å². The summed E-state index contributed by atoms with van der Waals surface area (Å²) in [5.74, 6) is -2.10. The van der Waals surface area contributed by atoms with Crippen molar-refractivity contribution in [3.63, 3.8) is 0 Å². The van der Waals surface area contributed by atoms with Gasteiger partial charge in [-0.05, 0) is 73.0 Å². The van der Waals surface area contributed by atoms with Crippen molar-refractivity contribution in [1.29, 1.82) is 0 Å². The Balaban J connectivity index is 1.79. The molecule has 0 spiro atoms. The molecule has 0 fully saturated rings. The van der Waals surface area contributed by atoms with E-state index in [-0.39, 0.29) is 29.6 Å². The highest BCUT2D eigenvalue weighted by atomic mass is 32.2. The van der Waals surface area contributed by atoms with Crippen LogP contribution in [0.4, 0.5) is 14.5 Å². The van der Waals surface area contributed by atoms with Crippen LogP contribution in [0.5, 0.6) is 0 Å². The van der Waals surface area contributed by atoms with Crippen LogP contribution in [0.3, 0.4) is 0 Å². The molecule has 44 heavy (non-hydrogen) atoms. The van der Waals surface area contributed by atoms with Crippen LogP contribution in [0.2, 0.25) is 0 Å². The van der Waals surface area contributed by atoms with Crippen molar-refractivity contribution in [3.05, 3.63) is 132 Å². The fourth-order valence-electron chi connectivity index (χ4n) is 4.64. The van der Waals surface area contributed by atoms with Crippen molar-refractivity contribution in [2.45, 2.75) is 50.2 Å². The van der Waals surface area contributed by atoms with E-state index in [1.165, 1.54) is 53.4 Å². The largest absolute Gasteiger partial charge is 0.352 e. The predicted molar refractivity (Wildman–Crippen MR) is 166 cm³/mol. The van der Waals surface area contributed by atoms with E-state index in [4.69, 9.17) is 0 Å². The molecule has 1 N–H and O–H groups in total. The molecule has 4 aromatic carbocycles. The van der Waals surface area contributed by atoms with Crippen LogP contribution in [0, 0.1) is 11.6 Å². The van der Waals surface area contributed by atoms with Gasteiger partial charge in [0.05, 0.1) is 10.6 Å². The van der Waals surface area contributed by atoms with E-state index in [0.717, 1.165) is 22.0 Å². The van der Waals surface area contributed by atoms with Gasteiger partial charge in [0.25, 0.3) is 10.0 Å². The summed E-state index contributed by atoms with van der Waals surface area (Å²) in [7, 11) is -4.29. The Kier molecular flexibility index (Phi) is 10.8. The average molecular weight is 620 g/mol. The molecule has 0 aliphatic heterocycles. The lowest BCUT2D eigenvalue weighted by molar-refractivity contribution is -0.140. The van der Waals surface area contributed by atoms with Gasteiger partial charge in [-0.3, -0.25) is 13.9 Å². The number of hydrogen-bond acceptors (Lipinski definition) is 4. The molecule has 0 aliphatic rings. The molecule has 0 unspecified atom stereocenters. The monoisotopic (exact) mass is 619 g/mol. The van der Waals surface area contributed by atoms with E-state index >= 15 is 0 Å². The summed E-state index contributed by atoms with van der Waals surface area (Å²) >= 11 is 0. The van der Waals surface area contributed by atoms with Crippen molar-refractivity contribution >= 4 is 27.5 Å². The first kappa shape index (κ1) is 32.3. The van der Waals surface area contributed by atoms with Gasteiger partial charge in [-0.1, -0.05) is 67.6 Å². The molecule has 0 aliphatic carbocycles. The van der Waals surface area contributed by atoms with Gasteiger partial charge in [0.1, 0.15) is 24.2 Å². The molecule has 0 aromatic heterocycles. The van der Waals surface area contributed by atoms with Gasteiger partial charge in [0.15, 0.2) is 0 Å². The van der Waals surface area contributed by atoms with Crippen LogP contribution >= 0.6 is 0 Å². The van der Waals surface area contributed by atoms with Gasteiger partial charge >= 0.3 is 0 Å². The lowest BCUT2D eigenvalue weighted by atomic mass is 10.0. The quantitative estimate of drug-likeness (QED) is 0.208. The number of benzene rings is 4. The van der Waals surface area contributed by atoms with E-state index in [9.17, 15) is 26.8 Å². The number of amides is 2. The number of carbonyl (C=O) groups excluding carboxylic acids is 2. The molecule has 0 saturated carbocycles. The van der Waals surface area contributed by atoms with Crippen molar-refractivity contribution < 1.29 is 26.8 Å². The first-order valence-corrected chi connectivity index (χ1v) is 15.7. The van der Waals surface area contributed by atoms with Crippen LogP contribution in [-0.4, -0.2) is 43.8 Å². The summed E-state index contributed by atoms with van der Waals surface area (Å²) in [6.07, 6.45) is 0.807. The maximum atomic E-state index is 14.3. The fraction of sp³-hybridized carbons (Fsp3) is 0.235. The molecule has 0 saturated heterocycles. The minimum absolute atomic E-state index is 0.0578. The standard InChI is InChI=1S/C34H35F2N3O4S/c1-3-25(2)37-34(41)32(22-26-10-6-4-7-11-26)38(23-27-14-16-28(35)17-15-27)33(40)24-39(30-20-18-29(36)19-21-30)44(42,43)31-12-8-5-9-13-31/h4-21,25,32H,3,22-24H2,1-2H3,(H,37,41)/t25-,32+/m0/s1. The topological polar surface area (TPSA) is 86.8 Å². The maximum absolute atomic E-state index is 14.3. The van der Waals surface area contributed by atoms with Crippen LogP contribution in [0.25, 0.3) is 0 Å². The van der Waals surface area contributed by atoms with Crippen molar-refractivity contribution in [3.8, 4) is 0 Å². The number of anilines is 1. The highest BCUT2D eigenvalue weighted by Gasteiger charge is 2.35. The summed E-state index contributed by atoms with van der Waals surface area (Å²) in [4.78, 5) is 29.4. The molecule has 0 radical (unpaired) electrons. The Labute approximate surface area is 257 Å². The number of hydrogen-bond donors (Lipinski definition) is 1. The highest BCUT2D eigenvalue weighted by molar-refractivity contribution is 7.92. The third kappa shape index (κ3) is 8.29. The minimum Gasteiger partial charge on any atom is -0.352 e. The van der Waals surface area contributed by atoms with Crippen LogP contribution in [0.1, 0.15) is 31.4 Å². The van der Waals surface area contributed by atoms with Crippen LogP contribution in [-0.2, 0) is 32.6 Å². The lowest BCUT2D eigenvalue weighted by Crippen LogP contribution is -2.54. The number of sulfonamides is 1. The van der Waals surface area contributed by atoms with Gasteiger partial charge in [-0.25, -0.2) is 17.2 Å². The van der Waals surface area contributed by atoms with Gasteiger partial charge in [-0.15, -0.1) is 0 Å². The Hall–Kier alpha value is -4.57.